The van der Waals surface area contributed by atoms with Crippen LogP contribution in [0.5, 0.6) is 0 Å². The molecule has 0 amide bonds. The van der Waals surface area contributed by atoms with Crippen LogP contribution in [0.2, 0.25) is 0 Å². The molecule has 2 nitrogen and oxygen atoms in total. The molecule has 0 aromatic heterocycles. The third-order valence-corrected chi connectivity index (χ3v) is 2.13. The highest BCUT2D eigenvalue weighted by Crippen LogP contribution is 2.20. The van der Waals surface area contributed by atoms with Gasteiger partial charge >= 0.3 is 0 Å². The standard InChI is InChI=1S/C11H14O2/c1-8(12)10-6-4-5-7-11(10)9(2)13-3/h4-7,9H,1-3H3. The highest BCUT2D eigenvalue weighted by molar-refractivity contribution is 5.95. The highest BCUT2D eigenvalue weighted by atomic mass is 16.5. The van der Waals surface area contributed by atoms with Crippen molar-refractivity contribution in [3.05, 3.63) is 35.4 Å². The molecule has 0 spiro atoms. The number of ether oxygens (including phenoxy) is 1. The van der Waals surface area contributed by atoms with Gasteiger partial charge in [-0.2, -0.15) is 0 Å². The first-order valence-electron chi connectivity index (χ1n) is 4.29. The summed E-state index contributed by atoms with van der Waals surface area (Å²) in [6, 6.07) is 7.53. The molecule has 1 aromatic rings. The predicted molar refractivity (Wildman–Crippen MR) is 51.9 cm³/mol. The van der Waals surface area contributed by atoms with Crippen molar-refractivity contribution in [1.82, 2.24) is 0 Å². The fourth-order valence-corrected chi connectivity index (χ4v) is 1.30. The summed E-state index contributed by atoms with van der Waals surface area (Å²) in [5.41, 5.74) is 1.70. The number of ketones is 1. The Bertz CT molecular complexity index is 305. The molecule has 13 heavy (non-hydrogen) atoms. The van der Waals surface area contributed by atoms with Gasteiger partial charge in [0.05, 0.1) is 6.10 Å². The first kappa shape index (κ1) is 9.93. The lowest BCUT2D eigenvalue weighted by atomic mass is 10.0. The van der Waals surface area contributed by atoms with Gasteiger partial charge in [0.1, 0.15) is 0 Å². The van der Waals surface area contributed by atoms with Crippen LogP contribution in [0.4, 0.5) is 0 Å². The molecule has 0 radical (unpaired) electrons. The van der Waals surface area contributed by atoms with Crippen LogP contribution in [0.25, 0.3) is 0 Å². The highest BCUT2D eigenvalue weighted by Gasteiger charge is 2.11. The minimum atomic E-state index is -0.0277. The molecule has 1 unspecified atom stereocenters. The Hall–Kier alpha value is -1.15. The van der Waals surface area contributed by atoms with Crippen LogP contribution in [0.15, 0.2) is 24.3 Å². The zero-order valence-electron chi connectivity index (χ0n) is 8.20. The summed E-state index contributed by atoms with van der Waals surface area (Å²) in [6.07, 6.45) is -0.0277. The predicted octanol–water partition coefficient (Wildman–Crippen LogP) is 2.60. The number of hydrogen-bond donors (Lipinski definition) is 0. The van der Waals surface area contributed by atoms with Gasteiger partial charge in [-0.3, -0.25) is 4.79 Å². The van der Waals surface area contributed by atoms with Gasteiger partial charge in [0, 0.05) is 12.7 Å². The first-order valence-corrected chi connectivity index (χ1v) is 4.29. The quantitative estimate of drug-likeness (QED) is 0.665. The fraction of sp³-hybridized carbons (Fsp3) is 0.364. The van der Waals surface area contributed by atoms with Crippen LogP contribution < -0.4 is 0 Å². The Balaban J connectivity index is 3.11. The van der Waals surface area contributed by atoms with Crippen molar-refractivity contribution >= 4 is 5.78 Å². The molecule has 0 aliphatic carbocycles. The van der Waals surface area contributed by atoms with Crippen molar-refractivity contribution < 1.29 is 9.53 Å². The summed E-state index contributed by atoms with van der Waals surface area (Å²) in [7, 11) is 1.64. The lowest BCUT2D eigenvalue weighted by Gasteiger charge is -2.12. The number of hydrogen-bond acceptors (Lipinski definition) is 2. The molecule has 0 fully saturated rings. The van der Waals surface area contributed by atoms with Gasteiger partial charge in [0.2, 0.25) is 0 Å². The van der Waals surface area contributed by atoms with Crippen LogP contribution in [-0.4, -0.2) is 12.9 Å². The maximum Gasteiger partial charge on any atom is 0.160 e. The van der Waals surface area contributed by atoms with E-state index < -0.39 is 0 Å². The van der Waals surface area contributed by atoms with Crippen molar-refractivity contribution in [1.29, 1.82) is 0 Å². The number of benzene rings is 1. The Morgan fingerprint density at radius 3 is 2.54 bits per heavy atom. The zero-order chi connectivity index (χ0) is 9.84. The Labute approximate surface area is 78.5 Å². The van der Waals surface area contributed by atoms with Gasteiger partial charge in [-0.05, 0) is 19.4 Å². The van der Waals surface area contributed by atoms with Crippen LogP contribution >= 0.6 is 0 Å². The Kier molecular flexibility index (Phi) is 3.20. The summed E-state index contributed by atoms with van der Waals surface area (Å²) in [5.74, 6) is 0.0829. The van der Waals surface area contributed by atoms with Crippen LogP contribution in [0.1, 0.15) is 35.9 Å². The molecule has 0 aliphatic rings. The summed E-state index contributed by atoms with van der Waals surface area (Å²) in [4.78, 5) is 11.2. The van der Waals surface area contributed by atoms with Crippen LogP contribution in [0, 0.1) is 0 Å². The summed E-state index contributed by atoms with van der Waals surface area (Å²) < 4.78 is 5.17. The second kappa shape index (κ2) is 4.19. The van der Waals surface area contributed by atoms with E-state index in [1.165, 1.54) is 0 Å². The molecular weight excluding hydrogens is 164 g/mol. The van der Waals surface area contributed by atoms with E-state index in [4.69, 9.17) is 4.74 Å². The summed E-state index contributed by atoms with van der Waals surface area (Å²) in [6.45, 7) is 3.50. The topological polar surface area (TPSA) is 26.3 Å². The average molecular weight is 178 g/mol. The average Bonchev–Trinajstić information content (AvgIpc) is 2.16. The maximum absolute atomic E-state index is 11.2. The number of carbonyl (C=O) groups is 1. The van der Waals surface area contributed by atoms with Gasteiger partial charge in [-0.25, -0.2) is 0 Å². The molecule has 0 bridgehead atoms. The second-order valence-corrected chi connectivity index (χ2v) is 3.02. The molecule has 0 saturated carbocycles. The number of methoxy groups -OCH3 is 1. The zero-order valence-corrected chi connectivity index (χ0v) is 8.20. The van der Waals surface area contributed by atoms with E-state index in [9.17, 15) is 4.79 Å². The van der Waals surface area contributed by atoms with Gasteiger partial charge in [0.25, 0.3) is 0 Å². The lowest BCUT2D eigenvalue weighted by Crippen LogP contribution is -2.04. The molecule has 0 N–H and O–H groups in total. The van der Waals surface area contributed by atoms with Crippen molar-refractivity contribution in [2.45, 2.75) is 20.0 Å². The van der Waals surface area contributed by atoms with E-state index in [1.54, 1.807) is 14.0 Å². The summed E-state index contributed by atoms with van der Waals surface area (Å²) in [5, 5.41) is 0. The minimum absolute atomic E-state index is 0.0277. The van der Waals surface area contributed by atoms with Crippen molar-refractivity contribution in [3.63, 3.8) is 0 Å². The number of rotatable bonds is 3. The Morgan fingerprint density at radius 2 is 2.00 bits per heavy atom. The minimum Gasteiger partial charge on any atom is -0.377 e. The lowest BCUT2D eigenvalue weighted by molar-refractivity contribution is 0.0989. The second-order valence-electron chi connectivity index (χ2n) is 3.02. The van der Waals surface area contributed by atoms with E-state index >= 15 is 0 Å². The molecule has 1 atom stereocenters. The molecule has 0 saturated heterocycles. The summed E-state index contributed by atoms with van der Waals surface area (Å²) >= 11 is 0. The first-order chi connectivity index (χ1) is 6.16. The van der Waals surface area contributed by atoms with Gasteiger partial charge < -0.3 is 4.74 Å². The van der Waals surface area contributed by atoms with E-state index in [0.717, 1.165) is 11.1 Å². The van der Waals surface area contributed by atoms with E-state index in [0.29, 0.717) is 0 Å². The molecule has 2 heteroatoms. The third-order valence-electron chi connectivity index (χ3n) is 2.13. The van der Waals surface area contributed by atoms with Gasteiger partial charge in [-0.15, -0.1) is 0 Å². The number of Topliss-reactive ketones (excluding diaryl/α,β-unsaturated/α-hetero) is 1. The third kappa shape index (κ3) is 2.16. The van der Waals surface area contributed by atoms with Crippen molar-refractivity contribution in [3.8, 4) is 0 Å². The van der Waals surface area contributed by atoms with Crippen LogP contribution in [0.3, 0.4) is 0 Å². The van der Waals surface area contributed by atoms with E-state index in [-0.39, 0.29) is 11.9 Å². The van der Waals surface area contributed by atoms with Crippen molar-refractivity contribution in [2.75, 3.05) is 7.11 Å². The maximum atomic E-state index is 11.2. The monoisotopic (exact) mass is 178 g/mol. The smallest absolute Gasteiger partial charge is 0.160 e. The molecule has 1 aromatic carbocycles. The fourth-order valence-electron chi connectivity index (χ4n) is 1.30. The molecule has 0 aliphatic heterocycles. The number of carbonyl (C=O) groups excluding carboxylic acids is 1. The van der Waals surface area contributed by atoms with E-state index in [1.807, 2.05) is 31.2 Å². The van der Waals surface area contributed by atoms with Gasteiger partial charge in [-0.1, -0.05) is 24.3 Å². The normalized spacial score (nSPS) is 12.5. The van der Waals surface area contributed by atoms with Crippen molar-refractivity contribution in [2.24, 2.45) is 0 Å². The van der Waals surface area contributed by atoms with Crippen LogP contribution in [-0.2, 0) is 4.74 Å². The molecule has 70 valence electrons. The SMILES string of the molecule is COC(C)c1ccccc1C(C)=O. The van der Waals surface area contributed by atoms with Gasteiger partial charge in [0.15, 0.2) is 5.78 Å². The Morgan fingerprint density at radius 1 is 1.38 bits per heavy atom. The molecule has 1 rings (SSSR count). The van der Waals surface area contributed by atoms with E-state index in [2.05, 4.69) is 0 Å². The largest absolute Gasteiger partial charge is 0.377 e. The molecular formula is C11H14O2. The molecule has 0 heterocycles.